The maximum Gasteiger partial charge on any atom is 0.260 e. The third-order valence-electron chi connectivity index (χ3n) is 18.7. The predicted molar refractivity (Wildman–Crippen MR) is 372 cm³/mol. The van der Waals surface area contributed by atoms with Crippen molar-refractivity contribution in [3.8, 4) is 34.4 Å². The third kappa shape index (κ3) is 7.40. The minimum atomic E-state index is -0.244. The van der Waals surface area contributed by atoms with Gasteiger partial charge in [0.05, 0.1) is 44.8 Å². The summed E-state index contributed by atoms with van der Waals surface area (Å²) in [6.45, 7) is -0.244. The molecule has 2 aliphatic heterocycles. The van der Waals surface area contributed by atoms with Gasteiger partial charge in [0, 0.05) is 71.3 Å². The summed E-state index contributed by atoms with van der Waals surface area (Å²) >= 11 is 0. The Bertz CT molecular complexity index is 5400. The maximum absolute atomic E-state index is 7.25. The Morgan fingerprint density at radius 1 is 0.258 bits per heavy atom. The second-order valence-electron chi connectivity index (χ2n) is 23.5. The Hall–Kier alpha value is -11.8. The Balaban J connectivity index is 0.883. The lowest BCUT2D eigenvalue weighted by molar-refractivity contribution is 0.465. The number of para-hydroxylation sites is 4. The van der Waals surface area contributed by atoms with Gasteiger partial charge in [-0.15, -0.1) is 0 Å². The summed E-state index contributed by atoms with van der Waals surface area (Å²) in [7, 11) is 0. The van der Waals surface area contributed by atoms with Gasteiger partial charge >= 0.3 is 0 Å². The van der Waals surface area contributed by atoms with Gasteiger partial charge in [0.2, 0.25) is 0 Å². The summed E-state index contributed by atoms with van der Waals surface area (Å²) in [5, 5.41) is 13.9. The largest absolute Gasteiger partial charge is 0.458 e. The summed E-state index contributed by atoms with van der Waals surface area (Å²) in [5.41, 5.74) is 16.3. The van der Waals surface area contributed by atoms with Crippen LogP contribution in [-0.2, 0) is 0 Å². The van der Waals surface area contributed by atoms with Crippen LogP contribution in [0.3, 0.4) is 0 Å². The van der Waals surface area contributed by atoms with Gasteiger partial charge in [-0.3, -0.25) is 0 Å². The van der Waals surface area contributed by atoms with Crippen LogP contribution in [0.25, 0.3) is 98.1 Å². The van der Waals surface area contributed by atoms with Gasteiger partial charge in [-0.25, -0.2) is 0 Å². The lowest BCUT2D eigenvalue weighted by Crippen LogP contribution is -2.57. The molecule has 0 fully saturated rings. The number of nitrogens with zero attached hydrogens (tertiary/aromatic N) is 4. The minimum absolute atomic E-state index is 0.244. The van der Waals surface area contributed by atoms with E-state index >= 15 is 0 Å². The number of ether oxygens (including phenoxy) is 2. The first kappa shape index (κ1) is 49.5. The second kappa shape index (κ2) is 19.4. The van der Waals surface area contributed by atoms with E-state index in [9.17, 15) is 0 Å². The molecule has 0 atom stereocenters. The summed E-state index contributed by atoms with van der Waals surface area (Å²) in [6, 6.07) is 112. The molecule has 0 bridgehead atoms. The fourth-order valence-corrected chi connectivity index (χ4v) is 15.0. The van der Waals surface area contributed by atoms with Crippen LogP contribution in [0.2, 0.25) is 0 Å². The molecule has 4 heterocycles. The molecule has 2 aromatic heterocycles. The molecule has 19 rings (SSSR count). The SMILES string of the molecule is c1ccc(N(c2cccc3ccccc23)c2cc3c(c4ccccc24)c2cc4c(cc2n3-c2ccccc2)B2c3cc5c(cc3Oc3cccc(c32)O4)c2c3ccccc3c(N(c3ccccc3)c3cccc4ccccc34)cc2n5-c2ccccc2)cc1. The highest BCUT2D eigenvalue weighted by Crippen LogP contribution is 2.51. The molecule has 0 N–H and O–H groups in total. The Kier molecular flexibility index (Phi) is 10.8. The van der Waals surface area contributed by atoms with Crippen molar-refractivity contribution in [2.75, 3.05) is 9.80 Å². The molecular formula is C82H51BN4O2. The summed E-state index contributed by atoms with van der Waals surface area (Å²) in [4.78, 5) is 4.90. The van der Waals surface area contributed by atoms with Crippen molar-refractivity contribution in [3.63, 3.8) is 0 Å². The zero-order valence-electron chi connectivity index (χ0n) is 48.1. The van der Waals surface area contributed by atoms with Crippen molar-refractivity contribution >= 4 is 144 Å². The van der Waals surface area contributed by atoms with E-state index in [1.807, 2.05) is 0 Å². The van der Waals surface area contributed by atoms with Crippen molar-refractivity contribution in [1.82, 2.24) is 9.13 Å². The van der Waals surface area contributed by atoms with Crippen molar-refractivity contribution in [3.05, 3.63) is 309 Å². The summed E-state index contributed by atoms with van der Waals surface area (Å²) in [6.07, 6.45) is 0. The van der Waals surface area contributed by atoms with E-state index in [1.165, 1.54) is 32.3 Å². The lowest BCUT2D eigenvalue weighted by atomic mass is 9.35. The van der Waals surface area contributed by atoms with E-state index in [2.05, 4.69) is 328 Å². The number of rotatable bonds is 8. The molecule has 0 radical (unpaired) electrons. The molecule has 89 heavy (non-hydrogen) atoms. The highest BCUT2D eigenvalue weighted by atomic mass is 16.5. The highest BCUT2D eigenvalue weighted by molar-refractivity contribution is 6.98. The van der Waals surface area contributed by atoms with Crippen molar-refractivity contribution < 1.29 is 9.47 Å². The van der Waals surface area contributed by atoms with Gasteiger partial charge in [0.1, 0.15) is 23.0 Å². The van der Waals surface area contributed by atoms with Crippen LogP contribution in [0.1, 0.15) is 0 Å². The topological polar surface area (TPSA) is 34.8 Å². The van der Waals surface area contributed by atoms with Gasteiger partial charge in [-0.05, 0) is 142 Å². The molecule has 0 saturated heterocycles. The summed E-state index contributed by atoms with van der Waals surface area (Å²) in [5.74, 6) is 3.25. The molecule has 15 aromatic carbocycles. The predicted octanol–water partition coefficient (Wildman–Crippen LogP) is 20.2. The standard InChI is InChI=1S/C82H51BN4O2/c1-5-28-54(29-6-1)84(68-42-21-26-52-24-13-15-36-58(52)68)72-50-74-80(62-40-19-17-38-60(62)72)64-46-78-66(48-70(64)86(74)56-32-9-3-10-33-56)83-67-49-71-65(47-79(67)89-77-45-23-44-76(88-78)82(77)83)81-63-41-20-18-39-61(63)73(51-75(81)87(71)57-34-11-4-12-35-57)85(55-30-7-2-8-31-55)69-43-22-27-53-25-14-16-37-59(53)69/h1-51H. The van der Waals surface area contributed by atoms with Crippen LogP contribution in [0.4, 0.5) is 34.1 Å². The van der Waals surface area contributed by atoms with E-state index in [4.69, 9.17) is 9.47 Å². The third-order valence-corrected chi connectivity index (χ3v) is 18.7. The zero-order chi connectivity index (χ0) is 58.3. The average Bonchev–Trinajstić information content (AvgIpc) is 1.64. The first-order valence-corrected chi connectivity index (χ1v) is 30.5. The molecule has 17 aromatic rings. The normalized spacial score (nSPS) is 12.4. The van der Waals surface area contributed by atoms with E-state index in [0.29, 0.717) is 0 Å². The monoisotopic (exact) mass is 1130 g/mol. The van der Waals surface area contributed by atoms with E-state index < -0.39 is 0 Å². The molecule has 6 nitrogen and oxygen atoms in total. The second-order valence-corrected chi connectivity index (χ2v) is 23.5. The van der Waals surface area contributed by atoms with E-state index in [0.717, 1.165) is 139 Å². The smallest absolute Gasteiger partial charge is 0.260 e. The average molecular weight is 1140 g/mol. The molecule has 0 spiro atoms. The maximum atomic E-state index is 7.25. The van der Waals surface area contributed by atoms with Gasteiger partial charge in [-0.1, -0.05) is 200 Å². The minimum Gasteiger partial charge on any atom is -0.458 e. The van der Waals surface area contributed by atoms with Crippen molar-refractivity contribution in [2.24, 2.45) is 0 Å². The molecular weight excluding hydrogens is 1080 g/mol. The van der Waals surface area contributed by atoms with Gasteiger partial charge in [0.15, 0.2) is 0 Å². The molecule has 7 heteroatoms. The Morgan fingerprint density at radius 2 is 0.618 bits per heavy atom. The zero-order valence-corrected chi connectivity index (χ0v) is 48.1. The fraction of sp³-hybridized carbons (Fsp3) is 0. The van der Waals surface area contributed by atoms with Crippen molar-refractivity contribution in [2.45, 2.75) is 0 Å². The van der Waals surface area contributed by atoms with Gasteiger partial charge in [-0.2, -0.15) is 0 Å². The number of anilines is 6. The first-order chi connectivity index (χ1) is 44.2. The van der Waals surface area contributed by atoms with Crippen LogP contribution in [0.15, 0.2) is 309 Å². The van der Waals surface area contributed by atoms with Crippen LogP contribution in [-0.4, -0.2) is 15.8 Å². The Labute approximate surface area is 513 Å². The highest BCUT2D eigenvalue weighted by Gasteiger charge is 2.42. The number of aromatic nitrogens is 2. The molecule has 2 aliphatic rings. The van der Waals surface area contributed by atoms with E-state index in [1.54, 1.807) is 0 Å². The van der Waals surface area contributed by atoms with Crippen LogP contribution >= 0.6 is 0 Å². The van der Waals surface area contributed by atoms with Crippen molar-refractivity contribution in [1.29, 1.82) is 0 Å². The number of fused-ring (bicyclic) bond motifs is 16. The fourth-order valence-electron chi connectivity index (χ4n) is 15.0. The van der Waals surface area contributed by atoms with Crippen LogP contribution in [0.5, 0.6) is 23.0 Å². The first-order valence-electron chi connectivity index (χ1n) is 30.5. The molecule has 0 unspecified atom stereocenters. The Morgan fingerprint density at radius 3 is 1.06 bits per heavy atom. The van der Waals surface area contributed by atoms with E-state index in [-0.39, 0.29) is 6.71 Å². The molecule has 0 amide bonds. The van der Waals surface area contributed by atoms with Gasteiger partial charge < -0.3 is 28.4 Å². The molecule has 0 saturated carbocycles. The van der Waals surface area contributed by atoms with Gasteiger partial charge in [0.25, 0.3) is 6.71 Å². The molecule has 0 aliphatic carbocycles. The quantitative estimate of drug-likeness (QED) is 0.142. The lowest BCUT2D eigenvalue weighted by Gasteiger charge is -2.33. The number of hydrogen-bond acceptors (Lipinski definition) is 4. The summed E-state index contributed by atoms with van der Waals surface area (Å²) < 4.78 is 19.4. The van der Waals surface area contributed by atoms with Crippen LogP contribution < -0.4 is 35.7 Å². The molecule has 414 valence electrons. The number of benzene rings is 15. The number of hydrogen-bond donors (Lipinski definition) is 0. The van der Waals surface area contributed by atoms with Crippen LogP contribution in [0, 0.1) is 0 Å².